The third kappa shape index (κ3) is 8.11. The Morgan fingerprint density at radius 2 is 1.61 bits per heavy atom. The van der Waals surface area contributed by atoms with Crippen molar-refractivity contribution in [1.82, 2.24) is 10.2 Å². The standard InChI is InChI=1S/C32H40ClN3O4S/c1-6-8-19-34-32(38)30(7-2)35(21-26-12-10-9-11-24(26)4)31(37)22-36(27-16-15-25(5)29(33)20-27)41(39,40)28-17-13-23(3)14-18-28/h9-18,20,30H,6-8,19,21-22H2,1-5H3,(H,34,38). The fourth-order valence-electron chi connectivity index (χ4n) is 4.50. The molecule has 0 spiro atoms. The van der Waals surface area contributed by atoms with E-state index < -0.39 is 28.5 Å². The molecule has 7 nitrogen and oxygen atoms in total. The number of halogens is 1. The molecule has 3 aromatic rings. The van der Waals surface area contributed by atoms with Crippen molar-refractivity contribution in [2.45, 2.75) is 71.4 Å². The van der Waals surface area contributed by atoms with Crippen molar-refractivity contribution in [2.24, 2.45) is 0 Å². The van der Waals surface area contributed by atoms with E-state index in [-0.39, 0.29) is 23.0 Å². The van der Waals surface area contributed by atoms with Gasteiger partial charge in [0.1, 0.15) is 12.6 Å². The zero-order valence-electron chi connectivity index (χ0n) is 24.5. The Balaban J connectivity index is 2.07. The highest BCUT2D eigenvalue weighted by Crippen LogP contribution is 2.29. The first-order valence-electron chi connectivity index (χ1n) is 14.0. The van der Waals surface area contributed by atoms with Crippen LogP contribution in [0.3, 0.4) is 0 Å². The lowest BCUT2D eigenvalue weighted by Gasteiger charge is -2.33. The van der Waals surface area contributed by atoms with Gasteiger partial charge in [0, 0.05) is 18.1 Å². The summed E-state index contributed by atoms with van der Waals surface area (Å²) < 4.78 is 29.1. The summed E-state index contributed by atoms with van der Waals surface area (Å²) in [6.45, 7) is 9.70. The van der Waals surface area contributed by atoms with E-state index in [2.05, 4.69) is 5.32 Å². The van der Waals surface area contributed by atoms with Crippen LogP contribution in [0.5, 0.6) is 0 Å². The van der Waals surface area contributed by atoms with Gasteiger partial charge in [0.25, 0.3) is 10.0 Å². The number of nitrogens with one attached hydrogen (secondary N) is 1. The molecule has 0 aliphatic rings. The van der Waals surface area contributed by atoms with Crippen molar-refractivity contribution >= 4 is 39.1 Å². The predicted molar refractivity (Wildman–Crippen MR) is 166 cm³/mol. The summed E-state index contributed by atoms with van der Waals surface area (Å²) in [5.74, 6) is -0.743. The van der Waals surface area contributed by atoms with Gasteiger partial charge in [0.05, 0.1) is 10.6 Å². The van der Waals surface area contributed by atoms with Gasteiger partial charge in [0.15, 0.2) is 0 Å². The molecule has 0 radical (unpaired) electrons. The van der Waals surface area contributed by atoms with E-state index in [0.29, 0.717) is 18.0 Å². The van der Waals surface area contributed by atoms with E-state index in [1.165, 1.54) is 17.0 Å². The Labute approximate surface area is 249 Å². The minimum absolute atomic E-state index is 0.0578. The lowest BCUT2D eigenvalue weighted by atomic mass is 10.1. The number of carbonyl (C=O) groups is 2. The van der Waals surface area contributed by atoms with Crippen LogP contribution in [0.4, 0.5) is 5.69 Å². The van der Waals surface area contributed by atoms with E-state index in [9.17, 15) is 18.0 Å². The topological polar surface area (TPSA) is 86.8 Å². The molecule has 41 heavy (non-hydrogen) atoms. The van der Waals surface area contributed by atoms with Crippen LogP contribution in [-0.2, 0) is 26.2 Å². The van der Waals surface area contributed by atoms with Gasteiger partial charge in [-0.25, -0.2) is 8.42 Å². The lowest BCUT2D eigenvalue weighted by Crippen LogP contribution is -2.52. The molecule has 0 fully saturated rings. The van der Waals surface area contributed by atoms with E-state index >= 15 is 0 Å². The number of sulfonamides is 1. The molecule has 1 unspecified atom stereocenters. The number of amides is 2. The quantitative estimate of drug-likeness (QED) is 0.238. The first-order valence-corrected chi connectivity index (χ1v) is 15.8. The van der Waals surface area contributed by atoms with Crippen LogP contribution in [-0.4, -0.2) is 44.3 Å². The number of carbonyl (C=O) groups excluding carboxylic acids is 2. The molecule has 220 valence electrons. The maximum atomic E-state index is 14.2. The monoisotopic (exact) mass is 597 g/mol. The van der Waals surface area contributed by atoms with Gasteiger partial charge in [-0.3, -0.25) is 13.9 Å². The molecule has 0 saturated carbocycles. The molecule has 0 aliphatic carbocycles. The maximum absolute atomic E-state index is 14.2. The van der Waals surface area contributed by atoms with Gasteiger partial charge in [-0.2, -0.15) is 0 Å². The van der Waals surface area contributed by atoms with Gasteiger partial charge in [-0.15, -0.1) is 0 Å². The maximum Gasteiger partial charge on any atom is 0.264 e. The molecule has 0 saturated heterocycles. The van der Waals surface area contributed by atoms with Gasteiger partial charge < -0.3 is 10.2 Å². The molecule has 0 bridgehead atoms. The molecule has 1 N–H and O–H groups in total. The number of benzene rings is 3. The minimum atomic E-state index is -4.15. The fraction of sp³-hybridized carbons (Fsp3) is 0.375. The number of unbranched alkanes of at least 4 members (excludes halogenated alkanes) is 1. The largest absolute Gasteiger partial charge is 0.354 e. The Morgan fingerprint density at radius 1 is 0.927 bits per heavy atom. The first-order chi connectivity index (χ1) is 19.5. The summed E-state index contributed by atoms with van der Waals surface area (Å²) in [6.07, 6.45) is 2.12. The number of hydrogen-bond donors (Lipinski definition) is 1. The van der Waals surface area contributed by atoms with Crippen LogP contribution in [0.15, 0.2) is 71.6 Å². The van der Waals surface area contributed by atoms with Crippen LogP contribution in [0.2, 0.25) is 5.02 Å². The molecular weight excluding hydrogens is 558 g/mol. The van der Waals surface area contributed by atoms with Crippen LogP contribution in [0.1, 0.15) is 55.4 Å². The van der Waals surface area contributed by atoms with Crippen molar-refractivity contribution < 1.29 is 18.0 Å². The number of anilines is 1. The lowest BCUT2D eigenvalue weighted by molar-refractivity contribution is -0.140. The number of rotatable bonds is 13. The van der Waals surface area contributed by atoms with Crippen molar-refractivity contribution in [3.8, 4) is 0 Å². The highest BCUT2D eigenvalue weighted by molar-refractivity contribution is 7.92. The second-order valence-corrected chi connectivity index (χ2v) is 12.5. The third-order valence-electron chi connectivity index (χ3n) is 7.15. The molecule has 3 aromatic carbocycles. The van der Waals surface area contributed by atoms with Crippen molar-refractivity contribution in [3.63, 3.8) is 0 Å². The summed E-state index contributed by atoms with van der Waals surface area (Å²) in [7, 11) is -4.15. The number of nitrogens with zero attached hydrogens (tertiary/aromatic N) is 2. The van der Waals surface area contributed by atoms with Gasteiger partial charge in [-0.05, 0) is 74.6 Å². The van der Waals surface area contributed by atoms with Gasteiger partial charge >= 0.3 is 0 Å². The van der Waals surface area contributed by atoms with Crippen molar-refractivity contribution in [2.75, 3.05) is 17.4 Å². The summed E-state index contributed by atoms with van der Waals surface area (Å²) in [5.41, 5.74) is 3.82. The Hall–Kier alpha value is -3.36. The van der Waals surface area contributed by atoms with Crippen LogP contribution in [0, 0.1) is 20.8 Å². The van der Waals surface area contributed by atoms with Crippen LogP contribution >= 0.6 is 11.6 Å². The fourth-order valence-corrected chi connectivity index (χ4v) is 6.08. The van der Waals surface area contributed by atoms with E-state index in [1.807, 2.05) is 58.9 Å². The smallest absolute Gasteiger partial charge is 0.264 e. The second kappa shape index (κ2) is 14.5. The van der Waals surface area contributed by atoms with Crippen LogP contribution < -0.4 is 9.62 Å². The Kier molecular flexibility index (Phi) is 11.4. The Morgan fingerprint density at radius 3 is 2.22 bits per heavy atom. The molecule has 2 amide bonds. The third-order valence-corrected chi connectivity index (χ3v) is 9.34. The highest BCUT2D eigenvalue weighted by atomic mass is 35.5. The summed E-state index contributed by atoms with van der Waals surface area (Å²) in [5, 5.41) is 3.33. The van der Waals surface area contributed by atoms with Crippen molar-refractivity contribution in [3.05, 3.63) is 94.0 Å². The number of aryl methyl sites for hydroxylation is 3. The molecule has 0 aliphatic heterocycles. The average Bonchev–Trinajstić information content (AvgIpc) is 2.94. The average molecular weight is 598 g/mol. The zero-order chi connectivity index (χ0) is 30.2. The summed E-state index contributed by atoms with van der Waals surface area (Å²) in [4.78, 5) is 29.0. The van der Waals surface area contributed by atoms with E-state index in [1.54, 1.807) is 30.3 Å². The molecule has 9 heteroatoms. The van der Waals surface area contributed by atoms with E-state index in [0.717, 1.165) is 39.4 Å². The second-order valence-electron chi connectivity index (χ2n) is 10.3. The van der Waals surface area contributed by atoms with Gasteiger partial charge in [-0.1, -0.05) is 79.9 Å². The molecule has 3 rings (SSSR count). The van der Waals surface area contributed by atoms with Crippen molar-refractivity contribution in [1.29, 1.82) is 0 Å². The number of hydrogen-bond acceptors (Lipinski definition) is 4. The molecule has 0 aromatic heterocycles. The Bertz CT molecular complexity index is 1460. The molecule has 1 atom stereocenters. The molecule has 0 heterocycles. The SMILES string of the molecule is CCCCNC(=O)C(CC)N(Cc1ccccc1C)C(=O)CN(c1ccc(C)c(Cl)c1)S(=O)(=O)c1ccc(C)cc1. The van der Waals surface area contributed by atoms with E-state index in [4.69, 9.17) is 11.6 Å². The summed E-state index contributed by atoms with van der Waals surface area (Å²) >= 11 is 6.40. The van der Waals surface area contributed by atoms with Gasteiger partial charge in [0.2, 0.25) is 11.8 Å². The highest BCUT2D eigenvalue weighted by Gasteiger charge is 2.34. The minimum Gasteiger partial charge on any atom is -0.354 e. The first kappa shape index (κ1) is 32.2. The normalized spacial score (nSPS) is 12.0. The summed E-state index contributed by atoms with van der Waals surface area (Å²) in [6, 6.07) is 18.3. The zero-order valence-corrected chi connectivity index (χ0v) is 26.1. The predicted octanol–water partition coefficient (Wildman–Crippen LogP) is 6.18. The molecular formula is C32H40ClN3O4S. The van der Waals surface area contributed by atoms with Crippen LogP contribution in [0.25, 0.3) is 0 Å².